The third-order valence-electron chi connectivity index (χ3n) is 6.38. The zero-order valence-electron chi connectivity index (χ0n) is 18.4. The Morgan fingerprint density at radius 3 is 1.74 bits per heavy atom. The Kier molecular flexibility index (Phi) is 6.20. The first-order chi connectivity index (χ1) is 14.5. The third-order valence-corrected chi connectivity index (χ3v) is 8.55. The van der Waals surface area contributed by atoms with Crippen molar-refractivity contribution in [2.45, 2.75) is 39.5 Å². The monoisotopic (exact) mass is 445 g/mol. The number of carbonyl (C=O) groups is 1. The summed E-state index contributed by atoms with van der Waals surface area (Å²) >= 11 is 0. The quantitative estimate of drug-likeness (QED) is 0.531. The lowest BCUT2D eigenvalue weighted by atomic mass is 9.95. The van der Waals surface area contributed by atoms with Crippen LogP contribution in [-0.2, 0) is 10.0 Å². The molecule has 2 aromatic rings. The van der Waals surface area contributed by atoms with E-state index in [0.29, 0.717) is 10.5 Å². The van der Waals surface area contributed by atoms with Crippen LogP contribution in [0, 0.1) is 44.7 Å². The lowest BCUT2D eigenvalue weighted by Crippen LogP contribution is -2.50. The second-order valence-electron chi connectivity index (χ2n) is 7.95. The number of rotatable bonds is 4. The van der Waals surface area contributed by atoms with Crippen molar-refractivity contribution in [3.8, 4) is 0 Å². The van der Waals surface area contributed by atoms with Crippen LogP contribution in [0.1, 0.15) is 38.2 Å². The number of piperazine rings is 1. The normalized spacial score (nSPS) is 15.2. The summed E-state index contributed by atoms with van der Waals surface area (Å²) in [5.74, 6) is -0.263. The number of hydrogen-bond acceptors (Lipinski definition) is 5. The van der Waals surface area contributed by atoms with Crippen LogP contribution in [-0.4, -0.2) is 54.6 Å². The number of sulfonamides is 1. The fourth-order valence-electron chi connectivity index (χ4n) is 4.02. The van der Waals surface area contributed by atoms with Gasteiger partial charge in [0.05, 0.1) is 9.82 Å². The minimum atomic E-state index is -3.69. The molecule has 1 aliphatic heterocycles. The smallest absolute Gasteiger partial charge is 0.269 e. The molecule has 2 aromatic carbocycles. The van der Waals surface area contributed by atoms with Gasteiger partial charge in [0, 0.05) is 43.9 Å². The van der Waals surface area contributed by atoms with E-state index in [4.69, 9.17) is 0 Å². The highest BCUT2D eigenvalue weighted by Gasteiger charge is 2.33. The highest BCUT2D eigenvalue weighted by atomic mass is 32.2. The van der Waals surface area contributed by atoms with E-state index in [1.165, 1.54) is 28.6 Å². The molecule has 0 bridgehead atoms. The van der Waals surface area contributed by atoms with Crippen LogP contribution in [0.4, 0.5) is 5.69 Å². The van der Waals surface area contributed by atoms with Crippen LogP contribution in [0.15, 0.2) is 29.2 Å². The molecular formula is C22H27N3O5S. The molecule has 3 rings (SSSR count). The lowest BCUT2D eigenvalue weighted by Gasteiger charge is -2.35. The van der Waals surface area contributed by atoms with Crippen molar-refractivity contribution in [2.24, 2.45) is 0 Å². The van der Waals surface area contributed by atoms with Gasteiger partial charge in [-0.05, 0) is 74.6 Å². The molecule has 8 nitrogen and oxygen atoms in total. The molecule has 0 aliphatic carbocycles. The first kappa shape index (κ1) is 22.9. The van der Waals surface area contributed by atoms with Crippen molar-refractivity contribution in [3.05, 3.63) is 67.8 Å². The molecule has 0 aromatic heterocycles. The zero-order chi connectivity index (χ0) is 23.1. The summed E-state index contributed by atoms with van der Waals surface area (Å²) in [7, 11) is -3.69. The highest BCUT2D eigenvalue weighted by molar-refractivity contribution is 7.89. The Bertz CT molecular complexity index is 1120. The molecule has 1 saturated heterocycles. The molecule has 1 heterocycles. The summed E-state index contributed by atoms with van der Waals surface area (Å²) in [5.41, 5.74) is 4.87. The summed E-state index contributed by atoms with van der Waals surface area (Å²) in [6, 6.07) is 5.44. The van der Waals surface area contributed by atoms with E-state index in [1.54, 1.807) is 4.90 Å². The van der Waals surface area contributed by atoms with Gasteiger partial charge in [-0.3, -0.25) is 14.9 Å². The molecule has 0 N–H and O–H groups in total. The Labute approximate surface area is 182 Å². The topological polar surface area (TPSA) is 101 Å². The summed E-state index contributed by atoms with van der Waals surface area (Å²) in [6.07, 6.45) is 0. The molecule has 0 unspecified atom stereocenters. The van der Waals surface area contributed by atoms with E-state index >= 15 is 0 Å². The van der Waals surface area contributed by atoms with Crippen molar-refractivity contribution in [1.29, 1.82) is 0 Å². The SMILES string of the molecule is Cc1c(C)c(C)c(S(=O)(=O)N2CCN(C(=O)c3ccc([N+](=O)[O-])cc3)CC2)c(C)c1C. The molecule has 1 aliphatic rings. The number of nitro benzene ring substituents is 1. The first-order valence-electron chi connectivity index (χ1n) is 10.1. The molecule has 0 spiro atoms. The number of amides is 1. The number of carbonyl (C=O) groups excluding carboxylic acids is 1. The van der Waals surface area contributed by atoms with E-state index in [9.17, 15) is 23.3 Å². The summed E-state index contributed by atoms with van der Waals surface area (Å²) in [6.45, 7) is 10.5. The molecule has 0 radical (unpaired) electrons. The van der Waals surface area contributed by atoms with E-state index in [0.717, 1.165) is 27.8 Å². The predicted molar refractivity (Wildman–Crippen MR) is 118 cm³/mol. The Morgan fingerprint density at radius 1 is 0.839 bits per heavy atom. The Balaban J connectivity index is 1.79. The second-order valence-corrected chi connectivity index (χ2v) is 9.83. The van der Waals surface area contributed by atoms with Crippen LogP contribution < -0.4 is 0 Å². The molecule has 166 valence electrons. The van der Waals surface area contributed by atoms with Gasteiger partial charge in [0.2, 0.25) is 10.0 Å². The standard InChI is InChI=1S/C22H27N3O5S/c1-14-15(2)17(4)21(18(5)16(14)3)31(29,30)24-12-10-23(11-13-24)22(26)19-6-8-20(9-7-19)25(27)28/h6-9H,10-13H2,1-5H3. The summed E-state index contributed by atoms with van der Waals surface area (Å²) in [5, 5.41) is 10.8. The van der Waals surface area contributed by atoms with Gasteiger partial charge >= 0.3 is 0 Å². The van der Waals surface area contributed by atoms with Gasteiger partial charge in [-0.1, -0.05) is 0 Å². The minimum Gasteiger partial charge on any atom is -0.336 e. The molecule has 0 saturated carbocycles. The third kappa shape index (κ3) is 4.07. The number of hydrogen-bond donors (Lipinski definition) is 0. The molecular weight excluding hydrogens is 418 g/mol. The van der Waals surface area contributed by atoms with Crippen LogP contribution >= 0.6 is 0 Å². The number of benzene rings is 2. The fourth-order valence-corrected chi connectivity index (χ4v) is 6.00. The fraction of sp³-hybridized carbons (Fsp3) is 0.409. The first-order valence-corrected chi connectivity index (χ1v) is 11.5. The summed E-state index contributed by atoms with van der Waals surface area (Å²) in [4.78, 5) is 24.9. The molecule has 1 amide bonds. The van der Waals surface area contributed by atoms with Crippen molar-refractivity contribution < 1.29 is 18.1 Å². The van der Waals surface area contributed by atoms with E-state index in [1.807, 2.05) is 34.6 Å². The van der Waals surface area contributed by atoms with Crippen LogP contribution in [0.5, 0.6) is 0 Å². The van der Waals surface area contributed by atoms with Crippen molar-refractivity contribution in [2.75, 3.05) is 26.2 Å². The second kappa shape index (κ2) is 8.39. The number of nitrogens with zero attached hydrogens (tertiary/aromatic N) is 3. The predicted octanol–water partition coefficient (Wildman–Crippen LogP) is 3.28. The Morgan fingerprint density at radius 2 is 1.29 bits per heavy atom. The van der Waals surface area contributed by atoms with E-state index in [2.05, 4.69) is 0 Å². The van der Waals surface area contributed by atoms with Crippen molar-refractivity contribution in [1.82, 2.24) is 9.21 Å². The zero-order valence-corrected chi connectivity index (χ0v) is 19.2. The highest BCUT2D eigenvalue weighted by Crippen LogP contribution is 2.32. The van der Waals surface area contributed by atoms with Crippen LogP contribution in [0.3, 0.4) is 0 Å². The minimum absolute atomic E-state index is 0.0816. The van der Waals surface area contributed by atoms with Gasteiger partial charge in [0.25, 0.3) is 11.6 Å². The maximum absolute atomic E-state index is 13.5. The average molecular weight is 446 g/mol. The summed E-state index contributed by atoms with van der Waals surface area (Å²) < 4.78 is 28.3. The van der Waals surface area contributed by atoms with Gasteiger partial charge < -0.3 is 4.90 Å². The van der Waals surface area contributed by atoms with E-state index < -0.39 is 14.9 Å². The maximum Gasteiger partial charge on any atom is 0.269 e. The molecule has 31 heavy (non-hydrogen) atoms. The number of nitro groups is 1. The van der Waals surface area contributed by atoms with Crippen molar-refractivity contribution in [3.63, 3.8) is 0 Å². The largest absolute Gasteiger partial charge is 0.336 e. The van der Waals surface area contributed by atoms with Gasteiger partial charge in [0.15, 0.2) is 0 Å². The molecule has 1 fully saturated rings. The average Bonchev–Trinajstić information content (AvgIpc) is 2.76. The maximum atomic E-state index is 13.5. The molecule has 9 heteroatoms. The van der Waals surface area contributed by atoms with Crippen LogP contribution in [0.25, 0.3) is 0 Å². The Hall–Kier alpha value is -2.78. The van der Waals surface area contributed by atoms with Gasteiger partial charge in [-0.25, -0.2) is 8.42 Å². The van der Waals surface area contributed by atoms with Gasteiger partial charge in [0.1, 0.15) is 0 Å². The van der Waals surface area contributed by atoms with Crippen molar-refractivity contribution >= 4 is 21.6 Å². The molecule has 0 atom stereocenters. The van der Waals surface area contributed by atoms with Crippen LogP contribution in [0.2, 0.25) is 0 Å². The van der Waals surface area contributed by atoms with Gasteiger partial charge in [-0.15, -0.1) is 0 Å². The number of non-ortho nitro benzene ring substituents is 1. The lowest BCUT2D eigenvalue weighted by molar-refractivity contribution is -0.384. The van der Waals surface area contributed by atoms with Gasteiger partial charge in [-0.2, -0.15) is 4.31 Å². The van der Waals surface area contributed by atoms with E-state index in [-0.39, 0.29) is 37.8 Å².